The van der Waals surface area contributed by atoms with Gasteiger partial charge in [-0.3, -0.25) is 9.59 Å². The third-order valence-electron chi connectivity index (χ3n) is 6.57. The summed E-state index contributed by atoms with van der Waals surface area (Å²) >= 11 is 1.55. The van der Waals surface area contributed by atoms with Crippen molar-refractivity contribution in [3.05, 3.63) is 35.4 Å². The van der Waals surface area contributed by atoms with Crippen LogP contribution in [0.15, 0.2) is 24.3 Å². The molecule has 0 spiro atoms. The summed E-state index contributed by atoms with van der Waals surface area (Å²) in [6, 6.07) is 8.15. The van der Waals surface area contributed by atoms with Crippen molar-refractivity contribution in [2.75, 3.05) is 19.0 Å². The first-order valence-corrected chi connectivity index (χ1v) is 11.6. The van der Waals surface area contributed by atoms with E-state index in [2.05, 4.69) is 29.6 Å². The van der Waals surface area contributed by atoms with Gasteiger partial charge in [-0.15, -0.1) is 11.8 Å². The number of amides is 1. The van der Waals surface area contributed by atoms with Gasteiger partial charge in [0.15, 0.2) is 5.78 Å². The summed E-state index contributed by atoms with van der Waals surface area (Å²) in [4.78, 5) is 27.8. The maximum absolute atomic E-state index is 13.0. The second-order valence-corrected chi connectivity index (χ2v) is 9.42. The smallest absolute Gasteiger partial charge is 0.223 e. The number of aryl methyl sites for hydroxylation is 1. The first kappa shape index (κ1) is 19.9. The Labute approximate surface area is 171 Å². The minimum Gasteiger partial charge on any atom is -0.395 e. The quantitative estimate of drug-likeness (QED) is 0.763. The Hall–Kier alpha value is -1.37. The Bertz CT molecular complexity index is 725. The number of thioether (sulfide) groups is 1. The van der Waals surface area contributed by atoms with Gasteiger partial charge in [0.25, 0.3) is 0 Å². The average molecular weight is 403 g/mol. The number of benzene rings is 1. The van der Waals surface area contributed by atoms with Crippen LogP contribution in [0, 0.1) is 5.92 Å². The summed E-state index contributed by atoms with van der Waals surface area (Å²) in [7, 11) is 0. The highest BCUT2D eigenvalue weighted by atomic mass is 32.2. The molecule has 0 radical (unpaired) electrons. The Kier molecular flexibility index (Phi) is 6.38. The standard InChI is InChI=1S/C22H30N2O3S/c25-13-18-22(28-14-23-18)21(27)19-6-3-11-24(19)20(26)10-8-15-7-9-16-4-1-2-5-17(16)12-15/h1-2,4-5,15,18-19,22-23,25H,3,6-14H2/t15-,18-,19+,22?/m1/s1. The molecule has 4 rings (SSSR count). The number of aliphatic hydroxyl groups is 1. The van der Waals surface area contributed by atoms with Crippen LogP contribution in [0.3, 0.4) is 0 Å². The van der Waals surface area contributed by atoms with Crippen molar-refractivity contribution in [2.24, 2.45) is 5.92 Å². The zero-order valence-corrected chi connectivity index (χ0v) is 17.1. The molecule has 1 aromatic carbocycles. The van der Waals surface area contributed by atoms with Crippen molar-refractivity contribution in [1.82, 2.24) is 10.2 Å². The number of aliphatic hydroxyl groups excluding tert-OH is 1. The summed E-state index contributed by atoms with van der Waals surface area (Å²) < 4.78 is 0. The van der Waals surface area contributed by atoms with Crippen molar-refractivity contribution in [3.8, 4) is 0 Å². The minimum absolute atomic E-state index is 0.0345. The number of Topliss-reactive ketones (excluding diaryl/α,β-unsaturated/α-hetero) is 1. The minimum atomic E-state index is -0.300. The summed E-state index contributed by atoms with van der Waals surface area (Å²) in [5.74, 6) is 1.49. The maximum atomic E-state index is 13.0. The molecule has 2 heterocycles. The Morgan fingerprint density at radius 3 is 2.86 bits per heavy atom. The first-order valence-electron chi connectivity index (χ1n) is 10.5. The number of nitrogens with one attached hydrogen (secondary N) is 1. The molecule has 3 aliphatic rings. The third-order valence-corrected chi connectivity index (χ3v) is 7.82. The van der Waals surface area contributed by atoms with Crippen molar-refractivity contribution in [1.29, 1.82) is 0 Å². The summed E-state index contributed by atoms with van der Waals surface area (Å²) in [6.07, 6.45) is 6.42. The lowest BCUT2D eigenvalue weighted by molar-refractivity contribution is -0.137. The largest absolute Gasteiger partial charge is 0.395 e. The number of ketones is 1. The molecule has 6 heteroatoms. The average Bonchev–Trinajstić information content (AvgIpc) is 3.40. The molecular weight excluding hydrogens is 372 g/mol. The Morgan fingerprint density at radius 1 is 1.21 bits per heavy atom. The van der Waals surface area contributed by atoms with E-state index in [-0.39, 0.29) is 35.6 Å². The molecule has 0 saturated carbocycles. The molecule has 4 atom stereocenters. The van der Waals surface area contributed by atoms with Crippen LogP contribution in [-0.2, 0) is 22.4 Å². The van der Waals surface area contributed by atoms with Crippen LogP contribution in [0.4, 0.5) is 0 Å². The van der Waals surface area contributed by atoms with E-state index < -0.39 is 0 Å². The predicted molar refractivity (Wildman–Crippen MR) is 111 cm³/mol. The van der Waals surface area contributed by atoms with Crippen LogP contribution < -0.4 is 5.32 Å². The van der Waals surface area contributed by atoms with Crippen molar-refractivity contribution in [3.63, 3.8) is 0 Å². The molecule has 28 heavy (non-hydrogen) atoms. The highest BCUT2D eigenvalue weighted by Gasteiger charge is 2.42. The van der Waals surface area contributed by atoms with Gasteiger partial charge in [-0.05, 0) is 55.6 Å². The SMILES string of the molecule is O=C(C1SCN[C@@H]1CO)[C@@H]1CCCN1C(=O)CC[C@H]1CCc2ccccc2C1. The summed E-state index contributed by atoms with van der Waals surface area (Å²) in [5, 5.41) is 12.4. The fourth-order valence-corrected chi connectivity index (χ4v) is 6.18. The van der Waals surface area contributed by atoms with E-state index in [0.717, 1.165) is 38.5 Å². The number of nitrogens with zero attached hydrogens (tertiary/aromatic N) is 1. The van der Waals surface area contributed by atoms with Gasteiger partial charge >= 0.3 is 0 Å². The lowest BCUT2D eigenvalue weighted by Gasteiger charge is -2.28. The van der Waals surface area contributed by atoms with Gasteiger partial charge in [0.2, 0.25) is 5.91 Å². The molecule has 0 aromatic heterocycles. The van der Waals surface area contributed by atoms with Crippen molar-refractivity contribution >= 4 is 23.5 Å². The third kappa shape index (κ3) is 4.14. The van der Waals surface area contributed by atoms with Gasteiger partial charge in [0.1, 0.15) is 0 Å². The molecule has 1 aromatic rings. The van der Waals surface area contributed by atoms with Crippen molar-refractivity contribution in [2.45, 2.75) is 62.3 Å². The van der Waals surface area contributed by atoms with E-state index in [1.54, 1.807) is 11.8 Å². The van der Waals surface area contributed by atoms with Crippen molar-refractivity contribution < 1.29 is 14.7 Å². The lowest BCUT2D eigenvalue weighted by Crippen LogP contribution is -2.48. The molecule has 1 amide bonds. The molecule has 2 fully saturated rings. The topological polar surface area (TPSA) is 69.6 Å². The first-order chi connectivity index (χ1) is 13.7. The van der Waals surface area contributed by atoms with Gasteiger partial charge in [0.05, 0.1) is 17.9 Å². The lowest BCUT2D eigenvalue weighted by atomic mass is 9.81. The van der Waals surface area contributed by atoms with Crippen LogP contribution in [0.25, 0.3) is 0 Å². The van der Waals surface area contributed by atoms with E-state index in [1.807, 2.05) is 4.90 Å². The molecule has 0 bridgehead atoms. The number of likely N-dealkylation sites (tertiary alicyclic amines) is 1. The highest BCUT2D eigenvalue weighted by Crippen LogP contribution is 2.31. The summed E-state index contributed by atoms with van der Waals surface area (Å²) in [5.41, 5.74) is 2.89. The van der Waals surface area contributed by atoms with Crippen LogP contribution in [-0.4, -0.2) is 58.1 Å². The number of rotatable bonds is 6. The molecule has 152 valence electrons. The zero-order valence-electron chi connectivity index (χ0n) is 16.3. The monoisotopic (exact) mass is 402 g/mol. The van der Waals surface area contributed by atoms with Crippen LogP contribution >= 0.6 is 11.8 Å². The zero-order chi connectivity index (χ0) is 19.5. The molecule has 2 N–H and O–H groups in total. The van der Waals surface area contributed by atoms with Crippen LogP contribution in [0.2, 0.25) is 0 Å². The highest BCUT2D eigenvalue weighted by molar-refractivity contribution is 8.00. The second-order valence-electron chi connectivity index (χ2n) is 8.29. The van der Waals surface area contributed by atoms with Crippen LogP contribution in [0.1, 0.15) is 43.2 Å². The molecule has 1 aliphatic carbocycles. The van der Waals surface area contributed by atoms with E-state index in [4.69, 9.17) is 0 Å². The fraction of sp³-hybridized carbons (Fsp3) is 0.636. The van der Waals surface area contributed by atoms with E-state index >= 15 is 0 Å². The van der Waals surface area contributed by atoms with E-state index in [0.29, 0.717) is 24.8 Å². The number of carbonyl (C=O) groups excluding carboxylic acids is 2. The molecular formula is C22H30N2O3S. The van der Waals surface area contributed by atoms with Gasteiger partial charge in [-0.25, -0.2) is 0 Å². The normalized spacial score (nSPS) is 29.7. The molecule has 2 saturated heterocycles. The number of hydrogen-bond acceptors (Lipinski definition) is 5. The van der Waals surface area contributed by atoms with Gasteiger partial charge < -0.3 is 15.3 Å². The number of fused-ring (bicyclic) bond motifs is 1. The van der Waals surface area contributed by atoms with E-state index in [1.165, 1.54) is 11.1 Å². The van der Waals surface area contributed by atoms with Gasteiger partial charge in [0, 0.05) is 24.9 Å². The van der Waals surface area contributed by atoms with Crippen LogP contribution in [0.5, 0.6) is 0 Å². The maximum Gasteiger partial charge on any atom is 0.223 e. The Balaban J connectivity index is 1.32. The molecule has 1 unspecified atom stereocenters. The summed E-state index contributed by atoms with van der Waals surface area (Å²) in [6.45, 7) is 0.657. The van der Waals surface area contributed by atoms with Gasteiger partial charge in [-0.2, -0.15) is 0 Å². The second kappa shape index (κ2) is 8.97. The fourth-order valence-electron chi connectivity index (χ4n) is 4.95. The number of hydrogen-bond donors (Lipinski definition) is 2. The van der Waals surface area contributed by atoms with Gasteiger partial charge in [-0.1, -0.05) is 24.3 Å². The number of carbonyl (C=O) groups is 2. The van der Waals surface area contributed by atoms with E-state index in [9.17, 15) is 14.7 Å². The molecule has 2 aliphatic heterocycles. The predicted octanol–water partition coefficient (Wildman–Crippen LogP) is 2.16. The Morgan fingerprint density at radius 2 is 2.04 bits per heavy atom. The molecule has 5 nitrogen and oxygen atoms in total.